The molecule has 1 heterocycles. The molecule has 26 heavy (non-hydrogen) atoms. The maximum Gasteiger partial charge on any atom is 0.251 e. The van der Waals surface area contributed by atoms with Gasteiger partial charge in [-0.3, -0.25) is 9.59 Å². The molecular formula is C18H23N3O4S. The van der Waals surface area contributed by atoms with E-state index in [0.29, 0.717) is 17.1 Å². The Morgan fingerprint density at radius 2 is 1.88 bits per heavy atom. The van der Waals surface area contributed by atoms with Gasteiger partial charge in [0.15, 0.2) is 11.5 Å². The summed E-state index contributed by atoms with van der Waals surface area (Å²) in [4.78, 5) is 29.7. The van der Waals surface area contributed by atoms with Crippen molar-refractivity contribution in [3.63, 3.8) is 0 Å². The van der Waals surface area contributed by atoms with Crippen LogP contribution in [-0.2, 0) is 4.79 Å². The topological polar surface area (TPSA) is 89.5 Å². The van der Waals surface area contributed by atoms with Gasteiger partial charge in [-0.25, -0.2) is 4.98 Å². The van der Waals surface area contributed by atoms with E-state index in [4.69, 9.17) is 9.47 Å². The largest absolute Gasteiger partial charge is 0.493 e. The molecule has 0 radical (unpaired) electrons. The van der Waals surface area contributed by atoms with Gasteiger partial charge >= 0.3 is 0 Å². The highest BCUT2D eigenvalue weighted by atomic mass is 32.1. The van der Waals surface area contributed by atoms with Gasteiger partial charge < -0.3 is 20.1 Å². The number of benzene rings is 1. The second-order valence-corrected chi connectivity index (χ2v) is 6.96. The fourth-order valence-electron chi connectivity index (χ4n) is 2.55. The van der Waals surface area contributed by atoms with Crippen LogP contribution in [0.1, 0.15) is 38.9 Å². The fraction of sp³-hybridized carbons (Fsp3) is 0.389. The van der Waals surface area contributed by atoms with Crippen molar-refractivity contribution >= 4 is 23.2 Å². The molecule has 1 atom stereocenters. The lowest BCUT2D eigenvalue weighted by Crippen LogP contribution is -2.38. The van der Waals surface area contributed by atoms with Crippen LogP contribution in [0.15, 0.2) is 18.2 Å². The van der Waals surface area contributed by atoms with E-state index in [-0.39, 0.29) is 24.4 Å². The number of carbonyl (C=O) groups is 2. The van der Waals surface area contributed by atoms with E-state index in [9.17, 15) is 9.59 Å². The molecule has 2 amide bonds. The number of rotatable bonds is 7. The summed E-state index contributed by atoms with van der Waals surface area (Å²) >= 11 is 1.55. The maximum atomic E-state index is 12.2. The average molecular weight is 377 g/mol. The molecule has 0 bridgehead atoms. The lowest BCUT2D eigenvalue weighted by molar-refractivity contribution is -0.120. The number of carbonyl (C=O) groups excluding carboxylic acids is 2. The molecule has 0 aliphatic carbocycles. The van der Waals surface area contributed by atoms with Crippen LogP contribution < -0.4 is 20.1 Å². The highest BCUT2D eigenvalue weighted by Gasteiger charge is 2.16. The fourth-order valence-corrected chi connectivity index (χ4v) is 3.48. The van der Waals surface area contributed by atoms with Gasteiger partial charge in [0, 0.05) is 10.4 Å². The van der Waals surface area contributed by atoms with Crippen molar-refractivity contribution in [3.8, 4) is 11.5 Å². The van der Waals surface area contributed by atoms with E-state index in [1.807, 2.05) is 20.8 Å². The van der Waals surface area contributed by atoms with Crippen LogP contribution in [0.5, 0.6) is 11.5 Å². The molecule has 140 valence electrons. The Morgan fingerprint density at radius 3 is 2.46 bits per heavy atom. The van der Waals surface area contributed by atoms with Gasteiger partial charge in [0.05, 0.1) is 37.5 Å². The minimum absolute atomic E-state index is 0.117. The molecule has 1 aromatic carbocycles. The van der Waals surface area contributed by atoms with E-state index < -0.39 is 0 Å². The number of ether oxygens (including phenoxy) is 2. The second kappa shape index (κ2) is 8.66. The molecule has 1 aromatic heterocycles. The third-order valence-electron chi connectivity index (χ3n) is 3.77. The van der Waals surface area contributed by atoms with Crippen LogP contribution in [0.3, 0.4) is 0 Å². The molecule has 0 saturated heterocycles. The summed E-state index contributed by atoms with van der Waals surface area (Å²) in [5.74, 6) is 0.357. The summed E-state index contributed by atoms with van der Waals surface area (Å²) in [6, 6.07) is 4.66. The first-order valence-corrected chi connectivity index (χ1v) is 8.90. The summed E-state index contributed by atoms with van der Waals surface area (Å²) in [5, 5.41) is 6.43. The Labute approximate surface area is 156 Å². The van der Waals surface area contributed by atoms with Crippen molar-refractivity contribution in [1.82, 2.24) is 15.6 Å². The summed E-state index contributed by atoms with van der Waals surface area (Å²) in [7, 11) is 3.02. The van der Waals surface area contributed by atoms with Gasteiger partial charge in [0.25, 0.3) is 5.91 Å². The van der Waals surface area contributed by atoms with Crippen molar-refractivity contribution < 1.29 is 19.1 Å². The quantitative estimate of drug-likeness (QED) is 0.773. The van der Waals surface area contributed by atoms with Crippen molar-refractivity contribution in [2.45, 2.75) is 26.8 Å². The summed E-state index contributed by atoms with van der Waals surface area (Å²) in [5.41, 5.74) is 1.30. The minimum atomic E-state index is -0.362. The monoisotopic (exact) mass is 377 g/mol. The van der Waals surface area contributed by atoms with Gasteiger partial charge in [0.1, 0.15) is 0 Å². The average Bonchev–Trinajstić information content (AvgIpc) is 2.97. The molecule has 0 aliphatic rings. The number of nitrogens with zero attached hydrogens (tertiary/aromatic N) is 1. The predicted octanol–water partition coefficient (Wildman–Crippen LogP) is 2.38. The number of methoxy groups -OCH3 is 2. The maximum absolute atomic E-state index is 12.2. The first kappa shape index (κ1) is 19.7. The van der Waals surface area contributed by atoms with Crippen LogP contribution in [0.25, 0.3) is 0 Å². The number of hydrogen-bond donors (Lipinski definition) is 2. The Kier molecular flexibility index (Phi) is 6.57. The van der Waals surface area contributed by atoms with Crippen molar-refractivity contribution in [2.75, 3.05) is 20.8 Å². The molecule has 0 saturated carbocycles. The van der Waals surface area contributed by atoms with Gasteiger partial charge in [-0.2, -0.15) is 0 Å². The van der Waals surface area contributed by atoms with Crippen LogP contribution in [0, 0.1) is 13.8 Å². The zero-order chi connectivity index (χ0) is 19.3. The molecule has 2 rings (SSSR count). The van der Waals surface area contributed by atoms with Crippen molar-refractivity contribution in [1.29, 1.82) is 0 Å². The number of amides is 2. The number of nitrogens with one attached hydrogen (secondary N) is 2. The Hall–Kier alpha value is -2.61. The molecular weight excluding hydrogens is 354 g/mol. The van der Waals surface area contributed by atoms with Gasteiger partial charge in [-0.1, -0.05) is 0 Å². The smallest absolute Gasteiger partial charge is 0.251 e. The van der Waals surface area contributed by atoms with E-state index in [1.54, 1.807) is 29.5 Å². The van der Waals surface area contributed by atoms with Gasteiger partial charge in [-0.05, 0) is 39.0 Å². The zero-order valence-electron chi connectivity index (χ0n) is 15.5. The highest BCUT2D eigenvalue weighted by Crippen LogP contribution is 2.27. The first-order valence-electron chi connectivity index (χ1n) is 8.09. The van der Waals surface area contributed by atoms with Crippen LogP contribution >= 0.6 is 11.3 Å². The standard InChI is InChI=1S/C18H23N3O4S/c1-10-17(26-12(3)20-10)11(2)21-16(22)9-19-18(23)13-6-7-14(24-4)15(8-13)25-5/h6-8,11H,9H2,1-5H3,(H,19,23)(H,21,22)/t11-/m0/s1. The van der Waals surface area contributed by atoms with E-state index >= 15 is 0 Å². The lowest BCUT2D eigenvalue weighted by Gasteiger charge is -2.14. The van der Waals surface area contributed by atoms with Gasteiger partial charge in [0.2, 0.25) is 5.91 Å². The Bertz CT molecular complexity index is 804. The van der Waals surface area contributed by atoms with Crippen molar-refractivity contribution in [2.24, 2.45) is 0 Å². The zero-order valence-corrected chi connectivity index (χ0v) is 16.3. The third kappa shape index (κ3) is 4.72. The third-order valence-corrected chi connectivity index (χ3v) is 5.02. The number of hydrogen-bond acceptors (Lipinski definition) is 6. The van der Waals surface area contributed by atoms with Crippen LogP contribution in [-0.4, -0.2) is 37.6 Å². The lowest BCUT2D eigenvalue weighted by atomic mass is 10.2. The van der Waals surface area contributed by atoms with Crippen molar-refractivity contribution in [3.05, 3.63) is 39.3 Å². The molecule has 8 heteroatoms. The molecule has 0 unspecified atom stereocenters. The summed E-state index contributed by atoms with van der Waals surface area (Å²) < 4.78 is 10.3. The molecule has 0 aliphatic heterocycles. The first-order chi connectivity index (χ1) is 12.3. The Balaban J connectivity index is 1.92. The second-order valence-electron chi connectivity index (χ2n) is 5.72. The number of aryl methyl sites for hydroxylation is 2. The number of thiazole rings is 1. The molecule has 7 nitrogen and oxygen atoms in total. The molecule has 0 fully saturated rings. The molecule has 2 N–H and O–H groups in total. The Morgan fingerprint density at radius 1 is 1.19 bits per heavy atom. The van der Waals surface area contributed by atoms with Crippen LogP contribution in [0.2, 0.25) is 0 Å². The molecule has 2 aromatic rings. The van der Waals surface area contributed by atoms with E-state index in [0.717, 1.165) is 15.6 Å². The van der Waals surface area contributed by atoms with E-state index in [2.05, 4.69) is 15.6 Å². The SMILES string of the molecule is COc1ccc(C(=O)NCC(=O)N[C@@H](C)c2sc(C)nc2C)cc1OC. The van der Waals surface area contributed by atoms with Gasteiger partial charge in [-0.15, -0.1) is 11.3 Å². The minimum Gasteiger partial charge on any atom is -0.493 e. The predicted molar refractivity (Wildman–Crippen MR) is 100 cm³/mol. The molecule has 0 spiro atoms. The number of aromatic nitrogens is 1. The summed E-state index contributed by atoms with van der Waals surface area (Å²) in [6.07, 6.45) is 0. The summed E-state index contributed by atoms with van der Waals surface area (Å²) in [6.45, 7) is 5.63. The van der Waals surface area contributed by atoms with Crippen LogP contribution in [0.4, 0.5) is 0 Å². The van der Waals surface area contributed by atoms with E-state index in [1.165, 1.54) is 14.2 Å². The normalized spacial score (nSPS) is 11.6. The highest BCUT2D eigenvalue weighted by molar-refractivity contribution is 7.11.